The van der Waals surface area contributed by atoms with E-state index in [9.17, 15) is 41.6 Å². The van der Waals surface area contributed by atoms with Gasteiger partial charge in [-0.2, -0.15) is 0 Å². The maximum Gasteiger partial charge on any atom is 0.410 e. The zero-order chi connectivity index (χ0) is 39.9. The molecule has 0 aromatic heterocycles. The molecule has 298 valence electrons. The minimum absolute atomic E-state index is 0.0278. The van der Waals surface area contributed by atoms with Crippen molar-refractivity contribution < 1.29 is 51.0 Å². The number of allylic oxidation sites excluding steroid dienone is 2. The molecule has 2 saturated carbocycles. The molecule has 2 aliphatic carbocycles. The third-order valence-electron chi connectivity index (χ3n) is 10.9. The number of ether oxygens (including phenoxy) is 2. The smallest absolute Gasteiger partial charge is 0.410 e. The van der Waals surface area contributed by atoms with E-state index in [2.05, 4.69) is 11.3 Å². The summed E-state index contributed by atoms with van der Waals surface area (Å²) in [5.41, 5.74) is -1.27. The number of sulfonamides is 1. The monoisotopic (exact) mass is 784 g/mol. The minimum atomic E-state index is -3.93. The van der Waals surface area contributed by atoms with Gasteiger partial charge in [-0.1, -0.05) is 30.9 Å². The van der Waals surface area contributed by atoms with Gasteiger partial charge in [0.05, 0.1) is 42.1 Å². The first-order valence-electron chi connectivity index (χ1n) is 18.8. The molecule has 3 heterocycles. The molecule has 4 amide bonds. The number of esters is 1. The number of benzene rings is 1. The van der Waals surface area contributed by atoms with Crippen LogP contribution in [0.4, 0.5) is 9.18 Å². The summed E-state index contributed by atoms with van der Waals surface area (Å²) in [5, 5.41) is -0.667. The van der Waals surface area contributed by atoms with E-state index in [-0.39, 0.29) is 52.0 Å². The average molecular weight is 785 g/mol. The summed E-state index contributed by atoms with van der Waals surface area (Å²) >= 11 is 0. The fraction of sp³-hybridized carbons (Fsp3) is 0.590. The fourth-order valence-electron chi connectivity index (χ4n) is 7.81. The maximum atomic E-state index is 14.7. The maximum absolute atomic E-state index is 14.7. The van der Waals surface area contributed by atoms with Gasteiger partial charge in [-0.25, -0.2) is 17.6 Å². The van der Waals surface area contributed by atoms with E-state index in [1.807, 2.05) is 6.08 Å². The Morgan fingerprint density at radius 1 is 1.09 bits per heavy atom. The number of hydrogen-bond donors (Lipinski definition) is 1. The number of hydrogen-bond acceptors (Lipinski definition) is 10. The van der Waals surface area contributed by atoms with Gasteiger partial charge in [-0.15, -0.1) is 0 Å². The van der Waals surface area contributed by atoms with Gasteiger partial charge in [0.2, 0.25) is 27.7 Å². The Hall–Kier alpha value is -4.60. The first-order chi connectivity index (χ1) is 25.9. The number of fused-ring (bicyclic) bond motifs is 3. The van der Waals surface area contributed by atoms with Crippen molar-refractivity contribution in [3.63, 3.8) is 0 Å². The predicted molar refractivity (Wildman–Crippen MR) is 195 cm³/mol. The van der Waals surface area contributed by atoms with Crippen LogP contribution < -0.4 is 4.72 Å². The van der Waals surface area contributed by atoms with Crippen molar-refractivity contribution in [2.45, 2.75) is 108 Å². The number of carbonyl (C=O) groups is 6. The van der Waals surface area contributed by atoms with Gasteiger partial charge in [0, 0.05) is 38.0 Å². The summed E-state index contributed by atoms with van der Waals surface area (Å²) in [6.07, 6.45) is 4.02. The van der Waals surface area contributed by atoms with Gasteiger partial charge in [0.15, 0.2) is 5.78 Å². The Bertz CT molecular complexity index is 1910. The van der Waals surface area contributed by atoms with E-state index >= 15 is 0 Å². The Morgan fingerprint density at radius 2 is 1.84 bits per heavy atom. The van der Waals surface area contributed by atoms with Crippen molar-refractivity contribution >= 4 is 45.6 Å². The largest absolute Gasteiger partial charge is 0.460 e. The van der Waals surface area contributed by atoms with Crippen LogP contribution in [0.15, 0.2) is 43.0 Å². The number of ketones is 1. The Balaban J connectivity index is 1.31. The Morgan fingerprint density at radius 3 is 2.51 bits per heavy atom. The molecular formula is C39H49FN4O10S. The summed E-state index contributed by atoms with van der Waals surface area (Å²) in [6, 6.07) is 3.35. The first-order valence-corrected chi connectivity index (χ1v) is 20.4. The molecule has 5 aliphatic rings. The second kappa shape index (κ2) is 15.5. The molecule has 16 heteroatoms. The number of halogens is 1. The van der Waals surface area contributed by atoms with Crippen molar-refractivity contribution in [3.8, 4) is 0 Å². The second-order valence-electron chi connectivity index (χ2n) is 16.3. The van der Waals surface area contributed by atoms with Crippen molar-refractivity contribution in [3.05, 3.63) is 60.0 Å². The summed E-state index contributed by atoms with van der Waals surface area (Å²) < 4.78 is 53.8. The van der Waals surface area contributed by atoms with Crippen LogP contribution in [0, 0.1) is 23.1 Å². The van der Waals surface area contributed by atoms with E-state index in [0.29, 0.717) is 36.8 Å². The fourth-order valence-corrected chi connectivity index (χ4v) is 9.19. The summed E-state index contributed by atoms with van der Waals surface area (Å²) in [4.78, 5) is 86.5. The molecule has 1 unspecified atom stereocenters. The lowest BCUT2D eigenvalue weighted by molar-refractivity contribution is -0.159. The second-order valence-corrected chi connectivity index (χ2v) is 18.3. The number of nitrogens with zero attached hydrogens (tertiary/aromatic N) is 3. The highest BCUT2D eigenvalue weighted by Gasteiger charge is 2.61. The number of rotatable bonds is 7. The predicted octanol–water partition coefficient (Wildman–Crippen LogP) is 3.53. The number of nitrogens with one attached hydrogen (secondary N) is 1. The standard InChI is InChI=1S/C39H49FN4O10S/c1-5-33(46)42-15-8-6-7-11-26-18-39(26,36(49)41-55(51,52)28-13-14-28)19-32(45)31-17-27(53-37(50)43-20-24-10-9-12-30(40)29(24)23-43)22-44(31)35(48)25(21-42)16-34(47)54-38(2,3)4/h5,7,9-12,25-28,31H,1,6,8,13-23H2,2-4H3,(H,41,49)/b11-7-/t25-,26+,27+,31-,39?/m0/s1. The molecule has 3 aliphatic heterocycles. The van der Waals surface area contributed by atoms with Crippen molar-refractivity contribution in [1.29, 1.82) is 0 Å². The molecule has 1 N–H and O–H groups in total. The SMILES string of the molecule is C=CC(=O)N1CCC/C=C\[C@@H]2CC2(C(=O)NS(=O)(=O)C2CC2)CC(=O)[C@@H]2C[C@@H](OC(=O)N3Cc4cccc(F)c4C3)CN2C(=O)[C@@H](CC(=O)OC(C)(C)C)C1. The molecule has 5 atom stereocenters. The van der Waals surface area contributed by atoms with Gasteiger partial charge in [-0.05, 0) is 76.5 Å². The number of amides is 4. The zero-order valence-corrected chi connectivity index (χ0v) is 32.3. The number of Topliss-reactive ketones (excluding diaryl/α,β-unsaturated/α-hetero) is 1. The van der Waals surface area contributed by atoms with Crippen molar-refractivity contribution in [1.82, 2.24) is 19.4 Å². The van der Waals surface area contributed by atoms with Crippen molar-refractivity contribution in [2.24, 2.45) is 17.3 Å². The summed E-state index contributed by atoms with van der Waals surface area (Å²) in [7, 11) is -3.93. The van der Waals surface area contributed by atoms with E-state index in [1.165, 1.54) is 20.8 Å². The van der Waals surface area contributed by atoms with Crippen molar-refractivity contribution in [2.75, 3.05) is 19.6 Å². The quantitative estimate of drug-likeness (QED) is 0.245. The molecule has 3 fully saturated rings. The van der Waals surface area contributed by atoms with Crippen LogP contribution in [0.1, 0.15) is 83.3 Å². The van der Waals surface area contributed by atoms with Crippen LogP contribution in [0.3, 0.4) is 0 Å². The Labute approximate surface area is 320 Å². The van der Waals surface area contributed by atoms with E-state index in [0.717, 1.165) is 6.08 Å². The van der Waals surface area contributed by atoms with Gasteiger partial charge < -0.3 is 19.3 Å². The van der Waals surface area contributed by atoms with E-state index in [4.69, 9.17) is 9.47 Å². The molecule has 0 spiro atoms. The van der Waals surface area contributed by atoms with E-state index < -0.39 is 98.1 Å². The van der Waals surface area contributed by atoms with Crippen LogP contribution in [-0.2, 0) is 56.6 Å². The molecule has 1 saturated heterocycles. The average Bonchev–Trinajstić information content (AvgIpc) is 3.99. The highest BCUT2D eigenvalue weighted by atomic mass is 32.2. The van der Waals surface area contributed by atoms with E-state index in [1.54, 1.807) is 39.0 Å². The third-order valence-corrected chi connectivity index (χ3v) is 12.7. The van der Waals surface area contributed by atoms with Gasteiger partial charge in [-0.3, -0.25) is 33.6 Å². The zero-order valence-electron chi connectivity index (χ0n) is 31.5. The van der Waals surface area contributed by atoms with Crippen LogP contribution in [-0.4, -0.2) is 101 Å². The summed E-state index contributed by atoms with van der Waals surface area (Å²) in [6.45, 7) is 8.47. The number of carbonyl (C=O) groups excluding carboxylic acids is 6. The molecule has 6 rings (SSSR count). The molecule has 14 nitrogen and oxygen atoms in total. The topological polar surface area (TPSA) is 177 Å². The van der Waals surface area contributed by atoms with Crippen LogP contribution in [0.5, 0.6) is 0 Å². The molecule has 0 radical (unpaired) electrons. The van der Waals surface area contributed by atoms with Crippen LogP contribution in [0.2, 0.25) is 0 Å². The highest BCUT2D eigenvalue weighted by molar-refractivity contribution is 7.90. The highest BCUT2D eigenvalue weighted by Crippen LogP contribution is 2.57. The lowest BCUT2D eigenvalue weighted by Gasteiger charge is -2.32. The van der Waals surface area contributed by atoms with Gasteiger partial charge in [0.25, 0.3) is 0 Å². The van der Waals surface area contributed by atoms with Gasteiger partial charge >= 0.3 is 12.1 Å². The normalized spacial score (nSPS) is 27.8. The first kappa shape index (κ1) is 40.1. The third kappa shape index (κ3) is 9.11. The summed E-state index contributed by atoms with van der Waals surface area (Å²) in [5.74, 6) is -5.22. The Kier molecular flexibility index (Phi) is 11.3. The molecule has 1 aromatic rings. The van der Waals surface area contributed by atoms with Crippen LogP contribution in [0.25, 0.3) is 0 Å². The lowest BCUT2D eigenvalue weighted by atomic mass is 9.91. The lowest BCUT2D eigenvalue weighted by Crippen LogP contribution is -2.49. The molecule has 0 bridgehead atoms. The molecule has 1 aromatic carbocycles. The molecular weight excluding hydrogens is 736 g/mol. The molecule has 55 heavy (non-hydrogen) atoms. The van der Waals surface area contributed by atoms with Gasteiger partial charge in [0.1, 0.15) is 17.5 Å². The minimum Gasteiger partial charge on any atom is -0.460 e. The van der Waals surface area contributed by atoms with Crippen LogP contribution >= 0.6 is 0 Å².